The fraction of sp³-hybridized carbons (Fsp3) is 1.00. The maximum atomic E-state index is 5.27. The zero-order chi connectivity index (χ0) is 5.11. The molecule has 1 heterocycles. The normalized spacial score (nSPS) is 31.3. The van der Waals surface area contributed by atoms with E-state index in [-0.39, 0.29) is 6.10 Å². The average molecular weight is 102 g/mol. The van der Waals surface area contributed by atoms with E-state index >= 15 is 0 Å². The molecule has 1 aliphatic heterocycles. The number of hydrogen-bond donors (Lipinski definition) is 2. The van der Waals surface area contributed by atoms with Crippen LogP contribution in [0.15, 0.2) is 0 Å². The van der Waals surface area contributed by atoms with Crippen LogP contribution in [0.5, 0.6) is 0 Å². The van der Waals surface area contributed by atoms with E-state index in [1.165, 1.54) is 0 Å². The highest BCUT2D eigenvalue weighted by Gasteiger charge is 2.10. The second-order valence-corrected chi connectivity index (χ2v) is 1.62. The van der Waals surface area contributed by atoms with E-state index < -0.39 is 0 Å². The summed E-state index contributed by atoms with van der Waals surface area (Å²) in [4.78, 5) is 0. The minimum Gasteiger partial charge on any atom is -0.360 e. The summed E-state index contributed by atoms with van der Waals surface area (Å²) in [5.41, 5.74) is 5.27. The summed E-state index contributed by atoms with van der Waals surface area (Å²) in [6.07, 6.45) is 0.264. The van der Waals surface area contributed by atoms with Gasteiger partial charge >= 0.3 is 0 Å². The minimum atomic E-state index is 0.264. The highest BCUT2D eigenvalue weighted by molar-refractivity contribution is 4.65. The Morgan fingerprint density at radius 3 is 3.00 bits per heavy atom. The van der Waals surface area contributed by atoms with E-state index in [2.05, 4.69) is 5.32 Å². The van der Waals surface area contributed by atoms with E-state index in [1.807, 2.05) is 0 Å². The van der Waals surface area contributed by atoms with Crippen molar-refractivity contribution in [2.45, 2.75) is 6.10 Å². The SMILES string of the molecule is NC[C@H]1CNCO1. The molecule has 3 heteroatoms. The van der Waals surface area contributed by atoms with Crippen molar-refractivity contribution in [2.24, 2.45) is 5.73 Å². The molecule has 7 heavy (non-hydrogen) atoms. The van der Waals surface area contributed by atoms with Crippen molar-refractivity contribution in [1.29, 1.82) is 0 Å². The van der Waals surface area contributed by atoms with Gasteiger partial charge in [-0.2, -0.15) is 0 Å². The molecule has 0 unspecified atom stereocenters. The molecular formula is C4H10N2O. The Balaban J connectivity index is 2.14. The number of nitrogens with two attached hydrogens (primary N) is 1. The van der Waals surface area contributed by atoms with Crippen molar-refractivity contribution in [2.75, 3.05) is 19.8 Å². The second kappa shape index (κ2) is 2.26. The number of rotatable bonds is 1. The van der Waals surface area contributed by atoms with Crippen LogP contribution in [0.3, 0.4) is 0 Å². The summed E-state index contributed by atoms with van der Waals surface area (Å²) in [5.74, 6) is 0. The van der Waals surface area contributed by atoms with Crippen LogP contribution in [0.4, 0.5) is 0 Å². The summed E-state index contributed by atoms with van der Waals surface area (Å²) in [5, 5.41) is 3.02. The van der Waals surface area contributed by atoms with Crippen molar-refractivity contribution in [3.63, 3.8) is 0 Å². The average Bonchev–Trinajstić information content (AvgIpc) is 2.14. The fourth-order valence-electron chi connectivity index (χ4n) is 0.607. The van der Waals surface area contributed by atoms with E-state index in [0.717, 1.165) is 6.54 Å². The lowest BCUT2D eigenvalue weighted by molar-refractivity contribution is 0.119. The van der Waals surface area contributed by atoms with Crippen molar-refractivity contribution in [3.05, 3.63) is 0 Å². The maximum Gasteiger partial charge on any atom is 0.0971 e. The molecule has 0 spiro atoms. The molecule has 0 aromatic carbocycles. The van der Waals surface area contributed by atoms with Crippen LogP contribution in [-0.2, 0) is 4.74 Å². The molecule has 42 valence electrons. The van der Waals surface area contributed by atoms with Crippen LogP contribution in [0.25, 0.3) is 0 Å². The lowest BCUT2D eigenvalue weighted by Crippen LogP contribution is -2.23. The first-order valence-corrected chi connectivity index (χ1v) is 2.46. The standard InChI is InChI=1S/C4H10N2O/c5-1-4-2-6-3-7-4/h4,6H,1-3,5H2/t4-/m0/s1. The van der Waals surface area contributed by atoms with Crippen LogP contribution in [0.2, 0.25) is 0 Å². The summed E-state index contributed by atoms with van der Waals surface area (Å²) >= 11 is 0. The van der Waals surface area contributed by atoms with E-state index in [9.17, 15) is 0 Å². The summed E-state index contributed by atoms with van der Waals surface area (Å²) in [7, 11) is 0. The van der Waals surface area contributed by atoms with Gasteiger partial charge in [0.05, 0.1) is 12.8 Å². The zero-order valence-corrected chi connectivity index (χ0v) is 4.18. The molecule has 1 saturated heterocycles. The van der Waals surface area contributed by atoms with Crippen molar-refractivity contribution < 1.29 is 4.74 Å². The van der Waals surface area contributed by atoms with Gasteiger partial charge in [0.1, 0.15) is 0 Å². The lowest BCUT2D eigenvalue weighted by atomic mass is 10.4. The van der Waals surface area contributed by atoms with Crippen LogP contribution in [0.1, 0.15) is 0 Å². The molecule has 1 rings (SSSR count). The summed E-state index contributed by atoms with van der Waals surface area (Å²) in [6.45, 7) is 2.21. The molecule has 0 aliphatic carbocycles. The van der Waals surface area contributed by atoms with Gasteiger partial charge in [0.2, 0.25) is 0 Å². The topological polar surface area (TPSA) is 47.3 Å². The highest BCUT2D eigenvalue weighted by atomic mass is 16.5. The van der Waals surface area contributed by atoms with Crippen molar-refractivity contribution >= 4 is 0 Å². The Labute approximate surface area is 42.8 Å². The molecule has 0 saturated carbocycles. The molecule has 1 aliphatic rings. The van der Waals surface area contributed by atoms with Crippen LogP contribution in [0, 0.1) is 0 Å². The molecule has 0 radical (unpaired) electrons. The molecule has 1 atom stereocenters. The third-order valence-electron chi connectivity index (χ3n) is 1.06. The van der Waals surface area contributed by atoms with Gasteiger partial charge in [-0.3, -0.25) is 5.32 Å². The first-order valence-electron chi connectivity index (χ1n) is 2.46. The minimum absolute atomic E-state index is 0.264. The van der Waals surface area contributed by atoms with Gasteiger partial charge in [-0.05, 0) is 0 Å². The molecule has 3 N–H and O–H groups in total. The van der Waals surface area contributed by atoms with Gasteiger partial charge in [0, 0.05) is 13.1 Å². The number of hydrogen-bond acceptors (Lipinski definition) is 3. The highest BCUT2D eigenvalue weighted by Crippen LogP contribution is 1.91. The molecule has 0 amide bonds. The molecule has 0 aromatic rings. The summed E-state index contributed by atoms with van der Waals surface area (Å²) in [6, 6.07) is 0. The maximum absolute atomic E-state index is 5.27. The quantitative estimate of drug-likeness (QED) is 0.441. The van der Waals surface area contributed by atoms with Crippen molar-refractivity contribution in [3.8, 4) is 0 Å². The third-order valence-corrected chi connectivity index (χ3v) is 1.06. The predicted molar refractivity (Wildman–Crippen MR) is 26.8 cm³/mol. The van der Waals surface area contributed by atoms with E-state index in [4.69, 9.17) is 10.5 Å². The Morgan fingerprint density at radius 1 is 1.86 bits per heavy atom. The Kier molecular flexibility index (Phi) is 1.62. The van der Waals surface area contributed by atoms with Crippen LogP contribution < -0.4 is 11.1 Å². The van der Waals surface area contributed by atoms with Gasteiger partial charge in [-0.1, -0.05) is 0 Å². The van der Waals surface area contributed by atoms with E-state index in [1.54, 1.807) is 0 Å². The Bertz CT molecular complexity index is 51.7. The summed E-state index contributed by atoms with van der Waals surface area (Å²) < 4.78 is 5.07. The number of ether oxygens (including phenoxy) is 1. The Morgan fingerprint density at radius 2 is 2.71 bits per heavy atom. The van der Waals surface area contributed by atoms with Gasteiger partial charge in [0.15, 0.2) is 0 Å². The molecule has 3 nitrogen and oxygen atoms in total. The lowest BCUT2D eigenvalue weighted by Gasteiger charge is -1.99. The smallest absolute Gasteiger partial charge is 0.0971 e. The van der Waals surface area contributed by atoms with Gasteiger partial charge in [-0.15, -0.1) is 0 Å². The number of nitrogens with one attached hydrogen (secondary N) is 1. The zero-order valence-electron chi connectivity index (χ0n) is 4.18. The van der Waals surface area contributed by atoms with Gasteiger partial charge in [0.25, 0.3) is 0 Å². The Hall–Kier alpha value is -0.120. The largest absolute Gasteiger partial charge is 0.360 e. The predicted octanol–water partition coefficient (Wildman–Crippen LogP) is -1.11. The van der Waals surface area contributed by atoms with Gasteiger partial charge in [-0.25, -0.2) is 0 Å². The molecule has 0 bridgehead atoms. The van der Waals surface area contributed by atoms with Crippen LogP contribution >= 0.6 is 0 Å². The molecule has 0 aromatic heterocycles. The van der Waals surface area contributed by atoms with E-state index in [0.29, 0.717) is 13.3 Å². The molecular weight excluding hydrogens is 92.1 g/mol. The monoisotopic (exact) mass is 102 g/mol. The second-order valence-electron chi connectivity index (χ2n) is 1.62. The van der Waals surface area contributed by atoms with Gasteiger partial charge < -0.3 is 10.5 Å². The third kappa shape index (κ3) is 1.12. The fourth-order valence-corrected chi connectivity index (χ4v) is 0.607. The van der Waals surface area contributed by atoms with Crippen molar-refractivity contribution in [1.82, 2.24) is 5.32 Å². The first-order chi connectivity index (χ1) is 3.43. The first kappa shape index (κ1) is 5.03. The van der Waals surface area contributed by atoms with Crippen LogP contribution in [-0.4, -0.2) is 25.9 Å². The molecule has 1 fully saturated rings.